The molecule has 4 heterocycles. The number of ether oxygens (including phenoxy) is 1. The molecule has 9 heteroatoms. The Morgan fingerprint density at radius 2 is 1.77 bits per heavy atom. The van der Waals surface area contributed by atoms with Crippen molar-refractivity contribution in [1.29, 1.82) is 0 Å². The fourth-order valence-corrected chi connectivity index (χ4v) is 5.77. The summed E-state index contributed by atoms with van der Waals surface area (Å²) in [5.41, 5.74) is 3.38. The van der Waals surface area contributed by atoms with Gasteiger partial charge in [0.1, 0.15) is 11.5 Å². The molecule has 0 saturated carbocycles. The van der Waals surface area contributed by atoms with E-state index in [4.69, 9.17) is 9.15 Å². The first kappa shape index (κ1) is 25.5. The molecule has 4 aromatic rings. The lowest BCUT2D eigenvalue weighted by Crippen LogP contribution is -2.47. The Labute approximate surface area is 231 Å². The van der Waals surface area contributed by atoms with E-state index in [1.165, 1.54) is 0 Å². The standard InChI is InChI=1S/C31H30N4O5/c1-39-24-10-7-21(8-11-24)31(38)33-26-15-22(30(37)32-16-25-4-3-13-40-25)9-12-28(26)34-17-20-14-23(19-34)27-5-2-6-29(36)35(27)18-20/h2-13,15,20,23H,14,16-19H2,1H3,(H,32,37)(H,33,38). The average molecular weight is 539 g/mol. The zero-order chi connectivity index (χ0) is 27.6. The predicted octanol–water partition coefficient (Wildman–Crippen LogP) is 4.26. The van der Waals surface area contributed by atoms with Crippen LogP contribution in [0.4, 0.5) is 11.4 Å². The number of nitrogens with zero attached hydrogens (tertiary/aromatic N) is 2. The molecule has 9 nitrogen and oxygen atoms in total. The van der Waals surface area contributed by atoms with Gasteiger partial charge in [-0.15, -0.1) is 0 Å². The van der Waals surface area contributed by atoms with Gasteiger partial charge >= 0.3 is 0 Å². The number of nitrogens with one attached hydrogen (secondary N) is 2. The molecule has 2 aromatic carbocycles. The molecule has 0 aliphatic carbocycles. The zero-order valence-corrected chi connectivity index (χ0v) is 22.1. The van der Waals surface area contributed by atoms with Gasteiger partial charge in [-0.2, -0.15) is 0 Å². The van der Waals surface area contributed by atoms with Gasteiger partial charge in [0, 0.05) is 48.4 Å². The van der Waals surface area contributed by atoms with Crippen molar-refractivity contribution in [3.63, 3.8) is 0 Å². The third-order valence-electron chi connectivity index (χ3n) is 7.68. The maximum Gasteiger partial charge on any atom is 0.255 e. The van der Waals surface area contributed by atoms with Gasteiger partial charge in [0.2, 0.25) is 0 Å². The summed E-state index contributed by atoms with van der Waals surface area (Å²) in [5, 5.41) is 5.91. The first-order valence-corrected chi connectivity index (χ1v) is 13.3. The lowest BCUT2D eigenvalue weighted by atomic mass is 9.83. The van der Waals surface area contributed by atoms with Crippen molar-refractivity contribution >= 4 is 23.2 Å². The van der Waals surface area contributed by atoms with E-state index in [0.29, 0.717) is 47.3 Å². The van der Waals surface area contributed by atoms with E-state index in [2.05, 4.69) is 15.5 Å². The van der Waals surface area contributed by atoms with E-state index in [9.17, 15) is 14.4 Å². The number of hydrogen-bond acceptors (Lipinski definition) is 6. The fourth-order valence-electron chi connectivity index (χ4n) is 5.77. The minimum atomic E-state index is -0.286. The first-order valence-electron chi connectivity index (χ1n) is 13.3. The van der Waals surface area contributed by atoms with Gasteiger partial charge in [0.05, 0.1) is 31.3 Å². The number of pyridine rings is 1. The van der Waals surface area contributed by atoms with Crippen molar-refractivity contribution in [2.75, 3.05) is 30.4 Å². The summed E-state index contributed by atoms with van der Waals surface area (Å²) < 4.78 is 12.4. The Hall–Kier alpha value is -4.79. The van der Waals surface area contributed by atoms with Crippen LogP contribution in [0.2, 0.25) is 0 Å². The number of amides is 2. The number of methoxy groups -OCH3 is 1. The Bertz CT molecular complexity index is 1590. The average Bonchev–Trinajstić information content (AvgIpc) is 3.50. The normalized spacial score (nSPS) is 17.6. The highest BCUT2D eigenvalue weighted by atomic mass is 16.5. The molecule has 1 saturated heterocycles. The lowest BCUT2D eigenvalue weighted by molar-refractivity contribution is 0.0946. The number of aromatic nitrogens is 1. The smallest absolute Gasteiger partial charge is 0.255 e. The molecule has 2 unspecified atom stereocenters. The minimum absolute atomic E-state index is 0.0398. The molecule has 2 aliphatic heterocycles. The third kappa shape index (κ3) is 5.10. The van der Waals surface area contributed by atoms with E-state index in [1.807, 2.05) is 22.8 Å². The molecule has 1 fully saturated rings. The molecule has 0 radical (unpaired) electrons. The maximum atomic E-state index is 13.3. The van der Waals surface area contributed by atoms with Crippen molar-refractivity contribution in [1.82, 2.24) is 9.88 Å². The summed E-state index contributed by atoms with van der Waals surface area (Å²) in [5.74, 6) is 1.25. The molecule has 2 aromatic heterocycles. The summed E-state index contributed by atoms with van der Waals surface area (Å²) in [6.07, 6.45) is 2.58. The molecule has 2 atom stereocenters. The molecule has 2 bridgehead atoms. The lowest BCUT2D eigenvalue weighted by Gasteiger charge is -2.44. The van der Waals surface area contributed by atoms with Gasteiger partial charge in [-0.3, -0.25) is 14.4 Å². The van der Waals surface area contributed by atoms with E-state index >= 15 is 0 Å². The second-order valence-corrected chi connectivity index (χ2v) is 10.3. The molecule has 204 valence electrons. The summed E-state index contributed by atoms with van der Waals surface area (Å²) in [6, 6.07) is 21.3. The highest BCUT2D eigenvalue weighted by molar-refractivity contribution is 6.07. The van der Waals surface area contributed by atoms with Crippen molar-refractivity contribution in [2.24, 2.45) is 5.92 Å². The van der Waals surface area contributed by atoms with Crippen LogP contribution in [0, 0.1) is 5.92 Å². The number of carbonyl (C=O) groups is 2. The first-order chi connectivity index (χ1) is 19.5. The van der Waals surface area contributed by atoms with Crippen LogP contribution in [0.3, 0.4) is 0 Å². The number of rotatable bonds is 7. The highest BCUT2D eigenvalue weighted by Gasteiger charge is 2.35. The van der Waals surface area contributed by atoms with Gasteiger partial charge in [-0.05, 0) is 73.0 Å². The number of piperidine rings is 1. The van der Waals surface area contributed by atoms with E-state index < -0.39 is 0 Å². The summed E-state index contributed by atoms with van der Waals surface area (Å²) in [6.45, 7) is 2.38. The van der Waals surface area contributed by atoms with Crippen molar-refractivity contribution in [3.05, 3.63) is 112 Å². The largest absolute Gasteiger partial charge is 0.497 e. The molecule has 2 N–H and O–H groups in total. The highest BCUT2D eigenvalue weighted by Crippen LogP contribution is 2.39. The fraction of sp³-hybridized carbons (Fsp3) is 0.258. The quantitative estimate of drug-likeness (QED) is 0.364. The third-order valence-corrected chi connectivity index (χ3v) is 7.68. The van der Waals surface area contributed by atoms with Crippen molar-refractivity contribution in [2.45, 2.75) is 25.4 Å². The van der Waals surface area contributed by atoms with Gasteiger partial charge < -0.3 is 29.3 Å². The van der Waals surface area contributed by atoms with Crippen molar-refractivity contribution < 1.29 is 18.7 Å². The van der Waals surface area contributed by atoms with Gasteiger partial charge in [-0.25, -0.2) is 0 Å². The number of furan rings is 1. The van der Waals surface area contributed by atoms with E-state index in [1.54, 1.807) is 68.0 Å². The van der Waals surface area contributed by atoms with E-state index in [-0.39, 0.29) is 29.8 Å². The topological polar surface area (TPSA) is 106 Å². The van der Waals surface area contributed by atoms with Crippen LogP contribution in [0.25, 0.3) is 0 Å². The molecule has 2 aliphatic rings. The Kier molecular flexibility index (Phi) is 6.86. The van der Waals surface area contributed by atoms with Crippen LogP contribution in [0.1, 0.15) is 44.5 Å². The van der Waals surface area contributed by atoms with E-state index in [0.717, 1.165) is 24.3 Å². The van der Waals surface area contributed by atoms with Crippen LogP contribution >= 0.6 is 0 Å². The number of anilines is 2. The molecular weight excluding hydrogens is 508 g/mol. The molecule has 40 heavy (non-hydrogen) atoms. The predicted molar refractivity (Wildman–Crippen MR) is 151 cm³/mol. The Morgan fingerprint density at radius 1 is 0.950 bits per heavy atom. The summed E-state index contributed by atoms with van der Waals surface area (Å²) in [7, 11) is 1.58. The van der Waals surface area contributed by atoms with Crippen molar-refractivity contribution in [3.8, 4) is 5.75 Å². The summed E-state index contributed by atoms with van der Waals surface area (Å²) >= 11 is 0. The number of benzene rings is 2. The zero-order valence-electron chi connectivity index (χ0n) is 22.1. The molecule has 6 rings (SSSR count). The van der Waals surface area contributed by atoms with Gasteiger partial charge in [-0.1, -0.05) is 6.07 Å². The maximum absolute atomic E-state index is 13.3. The van der Waals surface area contributed by atoms with Gasteiger partial charge in [0.25, 0.3) is 17.4 Å². The Balaban J connectivity index is 1.30. The SMILES string of the molecule is COc1ccc(C(=O)Nc2cc(C(=O)NCc3ccco3)ccc2N2CC3CC(C2)c2cccc(=O)n2C3)cc1. The summed E-state index contributed by atoms with van der Waals surface area (Å²) in [4.78, 5) is 41.0. The molecule has 2 amide bonds. The van der Waals surface area contributed by atoms with Crippen LogP contribution in [0.5, 0.6) is 5.75 Å². The monoisotopic (exact) mass is 538 g/mol. The number of fused-ring (bicyclic) bond motifs is 4. The minimum Gasteiger partial charge on any atom is -0.497 e. The molecule has 0 spiro atoms. The Morgan fingerprint density at radius 3 is 2.55 bits per heavy atom. The molecular formula is C31H30N4O5. The number of carbonyl (C=O) groups excluding carboxylic acids is 2. The van der Waals surface area contributed by atoms with Crippen LogP contribution < -0.4 is 25.8 Å². The second-order valence-electron chi connectivity index (χ2n) is 10.3. The second kappa shape index (κ2) is 10.8. The van der Waals surface area contributed by atoms with Crippen LogP contribution in [-0.4, -0.2) is 36.6 Å². The van der Waals surface area contributed by atoms with Gasteiger partial charge in [0.15, 0.2) is 0 Å². The van der Waals surface area contributed by atoms with Crippen LogP contribution in [-0.2, 0) is 13.1 Å². The van der Waals surface area contributed by atoms with Crippen LogP contribution in [0.15, 0.2) is 88.3 Å². The number of hydrogen-bond donors (Lipinski definition) is 2.